The van der Waals surface area contributed by atoms with Gasteiger partial charge in [0.15, 0.2) is 0 Å². The summed E-state index contributed by atoms with van der Waals surface area (Å²) in [6.07, 6.45) is 3.78. The van der Waals surface area contributed by atoms with Gasteiger partial charge in [-0.2, -0.15) is 0 Å². The van der Waals surface area contributed by atoms with Crippen LogP contribution in [0, 0.1) is 0 Å². The van der Waals surface area contributed by atoms with Crippen molar-refractivity contribution in [2.45, 2.75) is 18.9 Å². The third kappa shape index (κ3) is 2.22. The van der Waals surface area contributed by atoms with Crippen molar-refractivity contribution in [3.63, 3.8) is 0 Å². The quantitative estimate of drug-likeness (QED) is 0.802. The molecular weight excluding hydrogens is 256 g/mol. The lowest BCUT2D eigenvalue weighted by Crippen LogP contribution is -2.39. The standard InChI is InChI=1S/C14H18N4O2/c1-20-9-3-2-4-18(7-9)13-6-12-10(5-11(13)15)14(19)17-8-16-12/h5-6,8-9H,2-4,7,15H2,1H3,(H,16,17,19). The van der Waals surface area contributed by atoms with Gasteiger partial charge in [-0.1, -0.05) is 0 Å². The van der Waals surface area contributed by atoms with Crippen LogP contribution >= 0.6 is 0 Å². The van der Waals surface area contributed by atoms with Gasteiger partial charge in [0.2, 0.25) is 0 Å². The first kappa shape index (κ1) is 12.9. The Morgan fingerprint density at radius 2 is 2.35 bits per heavy atom. The van der Waals surface area contributed by atoms with Crippen LogP contribution in [0.4, 0.5) is 11.4 Å². The van der Waals surface area contributed by atoms with Crippen LogP contribution in [0.15, 0.2) is 23.3 Å². The van der Waals surface area contributed by atoms with Gasteiger partial charge in [0.1, 0.15) is 0 Å². The highest BCUT2D eigenvalue weighted by Gasteiger charge is 2.21. The Labute approximate surface area is 116 Å². The number of nitrogen functional groups attached to an aromatic ring is 1. The van der Waals surface area contributed by atoms with Crippen molar-refractivity contribution < 1.29 is 4.74 Å². The molecule has 0 spiro atoms. The number of fused-ring (bicyclic) bond motifs is 1. The molecule has 106 valence electrons. The summed E-state index contributed by atoms with van der Waals surface area (Å²) < 4.78 is 5.44. The summed E-state index contributed by atoms with van der Waals surface area (Å²) in [6.45, 7) is 1.76. The second-order valence-electron chi connectivity index (χ2n) is 5.11. The fourth-order valence-corrected chi connectivity index (χ4v) is 2.74. The van der Waals surface area contributed by atoms with E-state index in [9.17, 15) is 4.79 Å². The Hall–Kier alpha value is -2.08. The fourth-order valence-electron chi connectivity index (χ4n) is 2.74. The molecule has 6 heteroatoms. The minimum atomic E-state index is -0.165. The Morgan fingerprint density at radius 1 is 1.50 bits per heavy atom. The summed E-state index contributed by atoms with van der Waals surface area (Å²) >= 11 is 0. The number of nitrogens with zero attached hydrogens (tertiary/aromatic N) is 2. The van der Waals surface area contributed by atoms with Gasteiger partial charge in [-0.15, -0.1) is 0 Å². The summed E-state index contributed by atoms with van der Waals surface area (Å²) in [5.41, 5.74) is 8.14. The van der Waals surface area contributed by atoms with Gasteiger partial charge in [-0.25, -0.2) is 4.98 Å². The van der Waals surface area contributed by atoms with Crippen LogP contribution in [0.1, 0.15) is 12.8 Å². The van der Waals surface area contributed by atoms with E-state index in [0.717, 1.165) is 31.6 Å². The third-order valence-electron chi connectivity index (χ3n) is 3.84. The number of nitrogens with one attached hydrogen (secondary N) is 1. The molecule has 20 heavy (non-hydrogen) atoms. The number of hydrogen-bond acceptors (Lipinski definition) is 5. The fraction of sp³-hybridized carbons (Fsp3) is 0.429. The number of H-pyrrole nitrogens is 1. The lowest BCUT2D eigenvalue weighted by atomic mass is 10.1. The molecule has 1 aliphatic heterocycles. The number of anilines is 2. The van der Waals surface area contributed by atoms with Crippen LogP contribution in [0.3, 0.4) is 0 Å². The Kier molecular flexibility index (Phi) is 3.31. The van der Waals surface area contributed by atoms with E-state index >= 15 is 0 Å². The summed E-state index contributed by atoms with van der Waals surface area (Å²) in [6, 6.07) is 3.59. The Bertz CT molecular complexity index is 682. The molecule has 1 atom stereocenters. The van der Waals surface area contributed by atoms with Crippen molar-refractivity contribution in [1.82, 2.24) is 9.97 Å². The molecule has 2 aromatic rings. The normalized spacial score (nSPS) is 19.4. The number of piperidine rings is 1. The molecular formula is C14H18N4O2. The van der Waals surface area contributed by atoms with Gasteiger partial charge >= 0.3 is 0 Å². The largest absolute Gasteiger partial charge is 0.397 e. The van der Waals surface area contributed by atoms with E-state index in [1.54, 1.807) is 13.2 Å². The van der Waals surface area contributed by atoms with Gasteiger partial charge in [0, 0.05) is 20.2 Å². The molecule has 3 rings (SSSR count). The first-order chi connectivity index (χ1) is 9.69. The first-order valence-corrected chi connectivity index (χ1v) is 6.73. The van der Waals surface area contributed by atoms with Gasteiger partial charge in [0.05, 0.1) is 34.7 Å². The topological polar surface area (TPSA) is 84.2 Å². The van der Waals surface area contributed by atoms with E-state index in [1.807, 2.05) is 6.07 Å². The molecule has 1 aliphatic rings. The zero-order valence-electron chi connectivity index (χ0n) is 11.4. The second-order valence-corrected chi connectivity index (χ2v) is 5.11. The summed E-state index contributed by atoms with van der Waals surface area (Å²) in [7, 11) is 1.74. The van der Waals surface area contributed by atoms with E-state index in [1.165, 1.54) is 6.33 Å². The zero-order chi connectivity index (χ0) is 14.1. The van der Waals surface area contributed by atoms with Crippen molar-refractivity contribution in [3.8, 4) is 0 Å². The molecule has 0 bridgehead atoms. The SMILES string of the molecule is COC1CCCN(c2cc3nc[nH]c(=O)c3cc2N)C1. The molecule has 0 radical (unpaired) electrons. The number of aromatic amines is 1. The van der Waals surface area contributed by atoms with E-state index < -0.39 is 0 Å². The van der Waals surface area contributed by atoms with E-state index in [-0.39, 0.29) is 11.7 Å². The number of hydrogen-bond donors (Lipinski definition) is 2. The van der Waals surface area contributed by atoms with Crippen LogP contribution in [-0.4, -0.2) is 36.3 Å². The number of aromatic nitrogens is 2. The van der Waals surface area contributed by atoms with Crippen molar-refractivity contribution in [3.05, 3.63) is 28.8 Å². The number of methoxy groups -OCH3 is 1. The molecule has 2 heterocycles. The predicted molar refractivity (Wildman–Crippen MR) is 79.0 cm³/mol. The number of rotatable bonds is 2. The maximum Gasteiger partial charge on any atom is 0.258 e. The number of nitrogens with two attached hydrogens (primary N) is 1. The molecule has 1 aromatic carbocycles. The second kappa shape index (κ2) is 5.13. The average molecular weight is 274 g/mol. The lowest BCUT2D eigenvalue weighted by Gasteiger charge is -2.34. The van der Waals surface area contributed by atoms with Gasteiger partial charge in [-0.05, 0) is 25.0 Å². The van der Waals surface area contributed by atoms with Crippen LogP contribution in [0.5, 0.6) is 0 Å². The summed E-state index contributed by atoms with van der Waals surface area (Å²) in [4.78, 5) is 20.7. The highest BCUT2D eigenvalue weighted by molar-refractivity contribution is 5.88. The maximum absolute atomic E-state index is 11.7. The Balaban J connectivity index is 2.03. The van der Waals surface area contributed by atoms with E-state index in [0.29, 0.717) is 16.6 Å². The van der Waals surface area contributed by atoms with Crippen LogP contribution in [0.25, 0.3) is 10.9 Å². The Morgan fingerprint density at radius 3 is 3.15 bits per heavy atom. The monoisotopic (exact) mass is 274 g/mol. The lowest BCUT2D eigenvalue weighted by molar-refractivity contribution is 0.0894. The van der Waals surface area contributed by atoms with Gasteiger partial charge in [-0.3, -0.25) is 4.79 Å². The van der Waals surface area contributed by atoms with Crippen molar-refractivity contribution >= 4 is 22.3 Å². The smallest absolute Gasteiger partial charge is 0.258 e. The van der Waals surface area contributed by atoms with Crippen molar-refractivity contribution in [2.24, 2.45) is 0 Å². The molecule has 0 aliphatic carbocycles. The zero-order valence-corrected chi connectivity index (χ0v) is 11.4. The average Bonchev–Trinajstić information content (AvgIpc) is 2.48. The molecule has 1 saturated heterocycles. The molecule has 3 N–H and O–H groups in total. The highest BCUT2D eigenvalue weighted by atomic mass is 16.5. The van der Waals surface area contributed by atoms with Crippen molar-refractivity contribution in [1.29, 1.82) is 0 Å². The minimum Gasteiger partial charge on any atom is -0.397 e. The summed E-state index contributed by atoms with van der Waals surface area (Å²) in [5.74, 6) is 0. The van der Waals surface area contributed by atoms with Gasteiger partial charge < -0.3 is 20.4 Å². The third-order valence-corrected chi connectivity index (χ3v) is 3.84. The maximum atomic E-state index is 11.7. The van der Waals surface area contributed by atoms with Crippen LogP contribution in [-0.2, 0) is 4.74 Å². The number of benzene rings is 1. The van der Waals surface area contributed by atoms with Gasteiger partial charge in [0.25, 0.3) is 5.56 Å². The van der Waals surface area contributed by atoms with E-state index in [4.69, 9.17) is 10.5 Å². The first-order valence-electron chi connectivity index (χ1n) is 6.73. The molecule has 1 aromatic heterocycles. The molecule has 6 nitrogen and oxygen atoms in total. The predicted octanol–water partition coefficient (Wildman–Crippen LogP) is 1.12. The molecule has 0 saturated carbocycles. The number of ether oxygens (including phenoxy) is 1. The van der Waals surface area contributed by atoms with Crippen LogP contribution in [0.2, 0.25) is 0 Å². The molecule has 1 fully saturated rings. The summed E-state index contributed by atoms with van der Waals surface area (Å²) in [5, 5.41) is 0.522. The highest BCUT2D eigenvalue weighted by Crippen LogP contribution is 2.29. The van der Waals surface area contributed by atoms with Crippen molar-refractivity contribution in [2.75, 3.05) is 30.8 Å². The molecule has 0 amide bonds. The van der Waals surface area contributed by atoms with E-state index in [2.05, 4.69) is 14.9 Å². The molecule has 1 unspecified atom stereocenters. The minimum absolute atomic E-state index is 0.165. The van der Waals surface area contributed by atoms with Crippen LogP contribution < -0.4 is 16.2 Å².